The molecule has 0 aliphatic carbocycles. The molecule has 7 heteroatoms. The van der Waals surface area contributed by atoms with Crippen LogP contribution in [0.3, 0.4) is 0 Å². The van der Waals surface area contributed by atoms with Crippen molar-refractivity contribution in [1.82, 2.24) is 15.5 Å². The Hall–Kier alpha value is -2.57. The van der Waals surface area contributed by atoms with Crippen LogP contribution in [0.4, 0.5) is 10.5 Å². The molecule has 1 atom stereocenters. The van der Waals surface area contributed by atoms with Crippen molar-refractivity contribution in [1.29, 1.82) is 0 Å². The zero-order valence-electron chi connectivity index (χ0n) is 17.9. The maximum absolute atomic E-state index is 12.6. The summed E-state index contributed by atoms with van der Waals surface area (Å²) in [5.41, 5.74) is 2.62. The number of anilines is 1. The Balaban J connectivity index is 1.92. The highest BCUT2D eigenvalue weighted by atomic mass is 35.5. The quantitative estimate of drug-likeness (QED) is 0.498. The Morgan fingerprint density at radius 3 is 2.47 bits per heavy atom. The number of urea groups is 1. The highest BCUT2D eigenvalue weighted by Crippen LogP contribution is 2.22. The molecule has 0 spiro atoms. The van der Waals surface area contributed by atoms with Crippen molar-refractivity contribution in [3.63, 3.8) is 0 Å². The third-order valence-electron chi connectivity index (χ3n) is 4.74. The SMILES string of the molecule is Cc1ccc(NC(=O)CC(CNC(=O)NCCCN(C)C)c2ccccc2)cc1Cl. The monoisotopic (exact) mass is 430 g/mol. The van der Waals surface area contributed by atoms with Gasteiger partial charge in [0.2, 0.25) is 5.91 Å². The molecule has 2 aromatic carbocycles. The first-order chi connectivity index (χ1) is 14.3. The van der Waals surface area contributed by atoms with E-state index < -0.39 is 0 Å². The summed E-state index contributed by atoms with van der Waals surface area (Å²) >= 11 is 6.14. The van der Waals surface area contributed by atoms with E-state index in [-0.39, 0.29) is 24.3 Å². The summed E-state index contributed by atoms with van der Waals surface area (Å²) in [6.45, 7) is 3.80. The Kier molecular flexibility index (Phi) is 9.64. The predicted octanol–water partition coefficient (Wildman–Crippen LogP) is 4.01. The van der Waals surface area contributed by atoms with Crippen LogP contribution in [-0.2, 0) is 4.79 Å². The van der Waals surface area contributed by atoms with E-state index in [1.807, 2.05) is 63.5 Å². The fraction of sp³-hybridized carbons (Fsp3) is 0.391. The molecule has 0 aromatic heterocycles. The van der Waals surface area contributed by atoms with Gasteiger partial charge < -0.3 is 20.9 Å². The summed E-state index contributed by atoms with van der Waals surface area (Å²) in [6.07, 6.45) is 1.13. The van der Waals surface area contributed by atoms with Gasteiger partial charge in [0.25, 0.3) is 0 Å². The Morgan fingerprint density at radius 1 is 1.07 bits per heavy atom. The van der Waals surface area contributed by atoms with Crippen LogP contribution in [0.5, 0.6) is 0 Å². The summed E-state index contributed by atoms with van der Waals surface area (Å²) < 4.78 is 0. The lowest BCUT2D eigenvalue weighted by atomic mass is 9.95. The first-order valence-corrected chi connectivity index (χ1v) is 10.5. The van der Waals surface area contributed by atoms with Crippen molar-refractivity contribution in [2.24, 2.45) is 0 Å². The van der Waals surface area contributed by atoms with Crippen LogP contribution >= 0.6 is 11.6 Å². The van der Waals surface area contributed by atoms with Gasteiger partial charge in [0, 0.05) is 36.1 Å². The number of aryl methyl sites for hydroxylation is 1. The average molecular weight is 431 g/mol. The molecule has 0 heterocycles. The van der Waals surface area contributed by atoms with Gasteiger partial charge in [-0.3, -0.25) is 4.79 Å². The zero-order chi connectivity index (χ0) is 21.9. The standard InChI is InChI=1S/C23H31ClN4O2/c1-17-10-11-20(15-21(17)24)27-22(29)14-19(18-8-5-4-6-9-18)16-26-23(30)25-12-7-13-28(2)3/h4-6,8-11,15,19H,7,12-14,16H2,1-3H3,(H,27,29)(H2,25,26,30). The second-order valence-corrected chi connectivity index (χ2v) is 8.02. The van der Waals surface area contributed by atoms with E-state index in [1.54, 1.807) is 6.07 Å². The maximum Gasteiger partial charge on any atom is 0.314 e. The number of benzene rings is 2. The molecular weight excluding hydrogens is 400 g/mol. The van der Waals surface area contributed by atoms with Gasteiger partial charge in [-0.25, -0.2) is 4.79 Å². The number of carbonyl (C=O) groups is 2. The average Bonchev–Trinajstić information content (AvgIpc) is 2.71. The van der Waals surface area contributed by atoms with Gasteiger partial charge in [0.05, 0.1) is 0 Å². The first kappa shape index (κ1) is 23.7. The van der Waals surface area contributed by atoms with E-state index in [2.05, 4.69) is 20.9 Å². The van der Waals surface area contributed by atoms with E-state index in [0.29, 0.717) is 23.8 Å². The van der Waals surface area contributed by atoms with Gasteiger partial charge >= 0.3 is 6.03 Å². The first-order valence-electron chi connectivity index (χ1n) is 10.1. The van der Waals surface area contributed by atoms with Crippen LogP contribution in [0, 0.1) is 6.92 Å². The molecule has 162 valence electrons. The number of hydrogen-bond acceptors (Lipinski definition) is 3. The fourth-order valence-corrected chi connectivity index (χ4v) is 3.20. The van der Waals surface area contributed by atoms with Gasteiger partial charge in [-0.1, -0.05) is 48.0 Å². The number of amides is 3. The predicted molar refractivity (Wildman–Crippen MR) is 123 cm³/mol. The minimum absolute atomic E-state index is 0.128. The van der Waals surface area contributed by atoms with Gasteiger partial charge in [-0.05, 0) is 57.2 Å². The number of halogens is 1. The van der Waals surface area contributed by atoms with Crippen LogP contribution < -0.4 is 16.0 Å². The van der Waals surface area contributed by atoms with Crippen LogP contribution in [0.15, 0.2) is 48.5 Å². The Morgan fingerprint density at radius 2 is 1.80 bits per heavy atom. The number of rotatable bonds is 10. The molecule has 0 saturated carbocycles. The van der Waals surface area contributed by atoms with Gasteiger partial charge in [0.15, 0.2) is 0 Å². The lowest BCUT2D eigenvalue weighted by Crippen LogP contribution is -2.39. The minimum Gasteiger partial charge on any atom is -0.338 e. The Bertz CT molecular complexity index is 827. The summed E-state index contributed by atoms with van der Waals surface area (Å²) in [6, 6.07) is 15.0. The third-order valence-corrected chi connectivity index (χ3v) is 5.14. The summed E-state index contributed by atoms with van der Waals surface area (Å²) in [5, 5.41) is 9.25. The molecule has 0 saturated heterocycles. The molecule has 2 rings (SSSR count). The van der Waals surface area contributed by atoms with Crippen molar-refractivity contribution in [2.75, 3.05) is 39.0 Å². The molecule has 6 nitrogen and oxygen atoms in total. The van der Waals surface area contributed by atoms with Crippen molar-refractivity contribution >= 4 is 29.2 Å². The topological polar surface area (TPSA) is 73.5 Å². The molecule has 3 amide bonds. The van der Waals surface area contributed by atoms with E-state index in [1.165, 1.54) is 0 Å². The molecule has 0 radical (unpaired) electrons. The zero-order valence-corrected chi connectivity index (χ0v) is 18.6. The largest absolute Gasteiger partial charge is 0.338 e. The highest BCUT2D eigenvalue weighted by Gasteiger charge is 2.17. The lowest BCUT2D eigenvalue weighted by Gasteiger charge is -2.18. The van der Waals surface area contributed by atoms with Crippen LogP contribution in [0.2, 0.25) is 5.02 Å². The van der Waals surface area contributed by atoms with E-state index >= 15 is 0 Å². The molecule has 0 fully saturated rings. The summed E-state index contributed by atoms with van der Waals surface area (Å²) in [7, 11) is 4.00. The number of carbonyl (C=O) groups excluding carboxylic acids is 2. The van der Waals surface area contributed by atoms with Gasteiger partial charge in [-0.15, -0.1) is 0 Å². The molecule has 0 aliphatic heterocycles. The van der Waals surface area contributed by atoms with Crippen molar-refractivity contribution in [3.8, 4) is 0 Å². The van der Waals surface area contributed by atoms with Crippen LogP contribution in [0.1, 0.15) is 29.9 Å². The number of nitrogens with zero attached hydrogens (tertiary/aromatic N) is 1. The number of nitrogens with one attached hydrogen (secondary N) is 3. The van der Waals surface area contributed by atoms with E-state index in [9.17, 15) is 9.59 Å². The van der Waals surface area contributed by atoms with E-state index in [0.717, 1.165) is 24.1 Å². The van der Waals surface area contributed by atoms with Crippen molar-refractivity contribution in [2.45, 2.75) is 25.7 Å². The van der Waals surface area contributed by atoms with Crippen molar-refractivity contribution in [3.05, 3.63) is 64.7 Å². The van der Waals surface area contributed by atoms with Crippen LogP contribution in [-0.4, -0.2) is 50.6 Å². The molecule has 1 unspecified atom stereocenters. The normalized spacial score (nSPS) is 11.8. The molecule has 3 N–H and O–H groups in total. The second-order valence-electron chi connectivity index (χ2n) is 7.62. The number of hydrogen-bond donors (Lipinski definition) is 3. The second kappa shape index (κ2) is 12.2. The van der Waals surface area contributed by atoms with Crippen LogP contribution in [0.25, 0.3) is 0 Å². The Labute approximate surface area is 184 Å². The van der Waals surface area contributed by atoms with E-state index in [4.69, 9.17) is 11.6 Å². The lowest BCUT2D eigenvalue weighted by molar-refractivity contribution is -0.116. The molecule has 2 aromatic rings. The molecular formula is C23H31ClN4O2. The smallest absolute Gasteiger partial charge is 0.314 e. The fourth-order valence-electron chi connectivity index (χ4n) is 3.02. The maximum atomic E-state index is 12.6. The van der Waals surface area contributed by atoms with Crippen molar-refractivity contribution < 1.29 is 9.59 Å². The van der Waals surface area contributed by atoms with Gasteiger partial charge in [-0.2, -0.15) is 0 Å². The molecule has 0 aliphatic rings. The molecule has 30 heavy (non-hydrogen) atoms. The summed E-state index contributed by atoms with van der Waals surface area (Å²) in [5.74, 6) is -0.267. The third kappa shape index (κ3) is 8.43. The molecule has 0 bridgehead atoms. The highest BCUT2D eigenvalue weighted by molar-refractivity contribution is 6.31. The minimum atomic E-state index is -0.222. The van der Waals surface area contributed by atoms with Gasteiger partial charge in [0.1, 0.15) is 0 Å². The summed E-state index contributed by atoms with van der Waals surface area (Å²) in [4.78, 5) is 26.8.